The third-order valence-corrected chi connectivity index (χ3v) is 5.24. The van der Waals surface area contributed by atoms with Crippen LogP contribution in [0.25, 0.3) is 0 Å². The zero-order valence-corrected chi connectivity index (χ0v) is 20.1. The van der Waals surface area contributed by atoms with Gasteiger partial charge in [-0.15, -0.1) is 0 Å². The van der Waals surface area contributed by atoms with Crippen molar-refractivity contribution in [3.05, 3.63) is 59.7 Å². The van der Waals surface area contributed by atoms with Crippen LogP contribution in [0.5, 0.6) is 11.5 Å². The number of carbonyl (C=O) groups is 2. The number of hydrogen-bond donors (Lipinski definition) is 1. The van der Waals surface area contributed by atoms with Gasteiger partial charge >= 0.3 is 0 Å². The molecule has 1 unspecified atom stereocenters. The molecule has 2 rings (SSSR count). The molecule has 174 valence electrons. The molecule has 0 saturated carbocycles. The Labute approximate surface area is 191 Å². The monoisotopic (exact) mass is 440 g/mol. The number of hydrogen-bond acceptors (Lipinski definition) is 4. The predicted molar refractivity (Wildman–Crippen MR) is 127 cm³/mol. The Bertz CT molecular complexity index is 860. The molecule has 2 aromatic rings. The summed E-state index contributed by atoms with van der Waals surface area (Å²) in [7, 11) is 1.61. The summed E-state index contributed by atoms with van der Waals surface area (Å²) in [5, 5.41) is 2.93. The molecular formula is C26H36N2O4. The van der Waals surface area contributed by atoms with E-state index in [4.69, 9.17) is 9.47 Å². The SMILES string of the molecule is CCC(C(=O)NC(C)C)N(Cc1ccc(OC)cc1)C(=O)COc1ccc(C(C)C)cc1. The van der Waals surface area contributed by atoms with E-state index in [9.17, 15) is 9.59 Å². The first-order chi connectivity index (χ1) is 15.2. The van der Waals surface area contributed by atoms with Crippen LogP contribution in [0, 0.1) is 0 Å². The smallest absolute Gasteiger partial charge is 0.261 e. The fourth-order valence-corrected chi connectivity index (χ4v) is 3.40. The van der Waals surface area contributed by atoms with E-state index in [1.165, 1.54) is 5.56 Å². The van der Waals surface area contributed by atoms with Gasteiger partial charge in [-0.1, -0.05) is 45.0 Å². The number of rotatable bonds is 11. The Hall–Kier alpha value is -3.02. The number of carbonyl (C=O) groups excluding carboxylic acids is 2. The van der Waals surface area contributed by atoms with Gasteiger partial charge < -0.3 is 19.7 Å². The average Bonchev–Trinajstić information content (AvgIpc) is 2.77. The summed E-state index contributed by atoms with van der Waals surface area (Å²) in [6, 6.07) is 14.7. The van der Waals surface area contributed by atoms with Crippen molar-refractivity contribution in [2.24, 2.45) is 0 Å². The van der Waals surface area contributed by atoms with Crippen LogP contribution < -0.4 is 14.8 Å². The number of amides is 2. The first-order valence-corrected chi connectivity index (χ1v) is 11.2. The maximum atomic E-state index is 13.2. The van der Waals surface area contributed by atoms with Crippen molar-refractivity contribution in [2.75, 3.05) is 13.7 Å². The lowest BCUT2D eigenvalue weighted by Crippen LogP contribution is -2.51. The van der Waals surface area contributed by atoms with Crippen molar-refractivity contribution in [1.82, 2.24) is 10.2 Å². The summed E-state index contributed by atoms with van der Waals surface area (Å²) >= 11 is 0. The van der Waals surface area contributed by atoms with Crippen LogP contribution in [-0.4, -0.2) is 42.5 Å². The molecule has 0 aromatic heterocycles. The Balaban J connectivity index is 2.18. The van der Waals surface area contributed by atoms with E-state index in [2.05, 4.69) is 19.2 Å². The highest BCUT2D eigenvalue weighted by Crippen LogP contribution is 2.20. The third kappa shape index (κ3) is 7.29. The summed E-state index contributed by atoms with van der Waals surface area (Å²) in [6.45, 7) is 10.1. The Morgan fingerprint density at radius 1 is 0.938 bits per heavy atom. The van der Waals surface area contributed by atoms with Gasteiger partial charge in [0.05, 0.1) is 7.11 Å². The minimum Gasteiger partial charge on any atom is -0.497 e. The summed E-state index contributed by atoms with van der Waals surface area (Å²) in [4.78, 5) is 27.6. The second-order valence-electron chi connectivity index (χ2n) is 8.47. The standard InChI is InChI=1S/C26H36N2O4/c1-7-24(26(30)27-19(4)5)28(16-20-8-12-22(31-6)13-9-20)25(29)17-32-23-14-10-21(11-15-23)18(2)3/h8-15,18-19,24H,7,16-17H2,1-6H3,(H,27,30). The maximum absolute atomic E-state index is 13.2. The van der Waals surface area contributed by atoms with E-state index in [1.807, 2.05) is 69.3 Å². The first-order valence-electron chi connectivity index (χ1n) is 11.2. The van der Waals surface area contributed by atoms with E-state index in [0.29, 0.717) is 24.6 Å². The van der Waals surface area contributed by atoms with E-state index in [-0.39, 0.29) is 24.5 Å². The number of ether oxygens (including phenoxy) is 2. The molecule has 0 spiro atoms. The van der Waals surface area contributed by atoms with Crippen molar-refractivity contribution in [2.45, 2.75) is 65.6 Å². The van der Waals surface area contributed by atoms with Crippen molar-refractivity contribution < 1.29 is 19.1 Å². The van der Waals surface area contributed by atoms with Gasteiger partial charge in [-0.2, -0.15) is 0 Å². The second kappa shape index (κ2) is 12.1. The Morgan fingerprint density at radius 2 is 1.53 bits per heavy atom. The number of methoxy groups -OCH3 is 1. The third-order valence-electron chi connectivity index (χ3n) is 5.24. The molecule has 0 bridgehead atoms. The molecule has 32 heavy (non-hydrogen) atoms. The lowest BCUT2D eigenvalue weighted by molar-refractivity contribution is -0.143. The van der Waals surface area contributed by atoms with E-state index >= 15 is 0 Å². The molecule has 1 atom stereocenters. The number of nitrogens with zero attached hydrogens (tertiary/aromatic N) is 1. The largest absolute Gasteiger partial charge is 0.497 e. The minimum atomic E-state index is -0.584. The van der Waals surface area contributed by atoms with Crippen LogP contribution in [0.4, 0.5) is 0 Å². The van der Waals surface area contributed by atoms with Crippen LogP contribution in [0.1, 0.15) is 58.1 Å². The molecule has 0 fully saturated rings. The molecule has 0 radical (unpaired) electrons. The van der Waals surface area contributed by atoms with E-state index in [1.54, 1.807) is 12.0 Å². The highest BCUT2D eigenvalue weighted by atomic mass is 16.5. The molecule has 0 aliphatic rings. The van der Waals surface area contributed by atoms with Gasteiger partial charge in [0.15, 0.2) is 6.61 Å². The molecule has 2 aromatic carbocycles. The quantitative estimate of drug-likeness (QED) is 0.557. The summed E-state index contributed by atoms with van der Waals surface area (Å²) in [5.41, 5.74) is 2.12. The first kappa shape index (κ1) is 25.2. The van der Waals surface area contributed by atoms with Crippen molar-refractivity contribution in [1.29, 1.82) is 0 Å². The molecule has 6 heteroatoms. The van der Waals surface area contributed by atoms with Gasteiger partial charge in [0.25, 0.3) is 5.91 Å². The molecule has 0 heterocycles. The summed E-state index contributed by atoms with van der Waals surface area (Å²) in [5.74, 6) is 1.40. The van der Waals surface area contributed by atoms with E-state index < -0.39 is 6.04 Å². The topological polar surface area (TPSA) is 67.9 Å². The highest BCUT2D eigenvalue weighted by molar-refractivity contribution is 5.88. The van der Waals surface area contributed by atoms with Crippen LogP contribution >= 0.6 is 0 Å². The van der Waals surface area contributed by atoms with Crippen molar-refractivity contribution in [3.63, 3.8) is 0 Å². The Morgan fingerprint density at radius 3 is 2.03 bits per heavy atom. The van der Waals surface area contributed by atoms with E-state index in [0.717, 1.165) is 11.3 Å². The predicted octanol–water partition coefficient (Wildman–Crippen LogP) is 4.53. The van der Waals surface area contributed by atoms with Gasteiger partial charge in [0, 0.05) is 12.6 Å². The maximum Gasteiger partial charge on any atom is 0.261 e. The molecule has 2 amide bonds. The second-order valence-corrected chi connectivity index (χ2v) is 8.47. The molecule has 0 aliphatic carbocycles. The number of benzene rings is 2. The zero-order chi connectivity index (χ0) is 23.7. The molecule has 1 N–H and O–H groups in total. The number of nitrogens with one attached hydrogen (secondary N) is 1. The molecular weight excluding hydrogens is 404 g/mol. The van der Waals surface area contributed by atoms with Crippen LogP contribution in [0.15, 0.2) is 48.5 Å². The fourth-order valence-electron chi connectivity index (χ4n) is 3.40. The van der Waals surface area contributed by atoms with Crippen molar-refractivity contribution in [3.8, 4) is 11.5 Å². The van der Waals surface area contributed by atoms with Crippen LogP contribution in [-0.2, 0) is 16.1 Å². The molecule has 0 saturated heterocycles. The lowest BCUT2D eigenvalue weighted by atomic mass is 10.0. The van der Waals surface area contributed by atoms with Gasteiger partial charge in [0.2, 0.25) is 5.91 Å². The molecule has 0 aliphatic heterocycles. The lowest BCUT2D eigenvalue weighted by Gasteiger charge is -2.31. The molecule has 6 nitrogen and oxygen atoms in total. The Kier molecular flexibility index (Phi) is 9.57. The zero-order valence-electron chi connectivity index (χ0n) is 20.1. The fraction of sp³-hybridized carbons (Fsp3) is 0.462. The minimum absolute atomic E-state index is 0.00906. The van der Waals surface area contributed by atoms with Gasteiger partial charge in [0.1, 0.15) is 17.5 Å². The van der Waals surface area contributed by atoms with Crippen molar-refractivity contribution >= 4 is 11.8 Å². The highest BCUT2D eigenvalue weighted by Gasteiger charge is 2.29. The average molecular weight is 441 g/mol. The van der Waals surface area contributed by atoms with Gasteiger partial charge in [-0.3, -0.25) is 9.59 Å². The van der Waals surface area contributed by atoms with Crippen LogP contribution in [0.2, 0.25) is 0 Å². The summed E-state index contributed by atoms with van der Waals surface area (Å²) in [6.07, 6.45) is 0.504. The van der Waals surface area contributed by atoms with Crippen LogP contribution in [0.3, 0.4) is 0 Å². The van der Waals surface area contributed by atoms with Gasteiger partial charge in [-0.25, -0.2) is 0 Å². The normalized spacial score (nSPS) is 11.9. The summed E-state index contributed by atoms with van der Waals surface area (Å²) < 4.78 is 11.0. The van der Waals surface area contributed by atoms with Gasteiger partial charge in [-0.05, 0) is 61.6 Å².